The fourth-order valence-corrected chi connectivity index (χ4v) is 2.24. The number of piperazine rings is 1. The summed E-state index contributed by atoms with van der Waals surface area (Å²) >= 11 is 5.90. The minimum absolute atomic E-state index is 0.158. The minimum Gasteiger partial charge on any atom is -0.329 e. The molecule has 1 aliphatic heterocycles. The topological polar surface area (TPSA) is 44.5 Å². The van der Waals surface area contributed by atoms with Crippen molar-refractivity contribution in [3.63, 3.8) is 0 Å². The number of hydrogen-bond acceptors (Lipinski definition) is 4. The van der Waals surface area contributed by atoms with E-state index < -0.39 is 0 Å². The van der Waals surface area contributed by atoms with Crippen molar-refractivity contribution in [3.05, 3.63) is 34.9 Å². The van der Waals surface area contributed by atoms with Gasteiger partial charge in [-0.25, -0.2) is 10.4 Å². The molecule has 0 spiro atoms. The number of halogens is 1. The highest BCUT2D eigenvalue weighted by atomic mass is 35.5. The van der Waals surface area contributed by atoms with Crippen LogP contribution in [0.25, 0.3) is 0 Å². The molecule has 2 rings (SSSR count). The monoisotopic (exact) mass is 268 g/mol. The van der Waals surface area contributed by atoms with Crippen molar-refractivity contribution >= 4 is 11.6 Å². The van der Waals surface area contributed by atoms with Crippen LogP contribution in [-0.4, -0.2) is 49.7 Å². The Morgan fingerprint density at radius 1 is 1.22 bits per heavy atom. The molecule has 1 aromatic carbocycles. The molecule has 1 atom stereocenters. The van der Waals surface area contributed by atoms with Crippen molar-refractivity contribution in [2.45, 2.75) is 6.04 Å². The Hall–Kier alpha value is -0.650. The van der Waals surface area contributed by atoms with Crippen molar-refractivity contribution in [3.8, 4) is 0 Å². The largest absolute Gasteiger partial charge is 0.329 e. The van der Waals surface area contributed by atoms with Gasteiger partial charge in [-0.1, -0.05) is 23.7 Å². The average Bonchev–Trinajstić information content (AvgIpc) is 2.39. The first-order valence-corrected chi connectivity index (χ1v) is 6.72. The third-order valence-electron chi connectivity index (χ3n) is 3.35. The highest BCUT2D eigenvalue weighted by Gasteiger charge is 2.17. The Labute approximate surface area is 114 Å². The number of rotatable bonds is 4. The molecule has 18 heavy (non-hydrogen) atoms. The van der Waals surface area contributed by atoms with Gasteiger partial charge >= 0.3 is 0 Å². The molecule has 4 nitrogen and oxygen atoms in total. The van der Waals surface area contributed by atoms with Crippen LogP contribution < -0.4 is 11.2 Å². The number of likely N-dealkylation sites (N-methyl/N-ethyl adjacent to an activating group) is 1. The zero-order chi connectivity index (χ0) is 13.0. The van der Waals surface area contributed by atoms with E-state index >= 15 is 0 Å². The van der Waals surface area contributed by atoms with Gasteiger partial charge in [0.25, 0.3) is 0 Å². The molecule has 0 aliphatic carbocycles. The van der Waals surface area contributed by atoms with E-state index in [1.165, 1.54) is 5.56 Å². The van der Waals surface area contributed by atoms with Crippen molar-refractivity contribution in [2.75, 3.05) is 39.8 Å². The zero-order valence-electron chi connectivity index (χ0n) is 10.8. The summed E-state index contributed by atoms with van der Waals surface area (Å²) in [6.07, 6.45) is 0. The molecule has 0 amide bonds. The Morgan fingerprint density at radius 3 is 2.39 bits per heavy atom. The maximum absolute atomic E-state index is 5.90. The van der Waals surface area contributed by atoms with Gasteiger partial charge in [0.15, 0.2) is 0 Å². The molecule has 0 radical (unpaired) electrons. The number of benzene rings is 1. The van der Waals surface area contributed by atoms with Crippen LogP contribution in [0.3, 0.4) is 0 Å². The van der Waals surface area contributed by atoms with Crippen molar-refractivity contribution in [1.29, 1.82) is 0 Å². The van der Waals surface area contributed by atoms with E-state index in [0.29, 0.717) is 6.54 Å². The summed E-state index contributed by atoms with van der Waals surface area (Å²) < 4.78 is 0. The number of nitrogens with one attached hydrogen (secondary N) is 1. The highest BCUT2D eigenvalue weighted by molar-refractivity contribution is 6.30. The second kappa shape index (κ2) is 6.50. The van der Waals surface area contributed by atoms with Crippen molar-refractivity contribution < 1.29 is 0 Å². The number of hydrogen-bond donors (Lipinski definition) is 2. The molecule has 1 aliphatic rings. The standard InChI is InChI=1S/C13H21ClN4/c1-17-6-8-18(9-7-17)16-13(10-15)11-2-4-12(14)5-3-11/h2-5,13,16H,6-10,15H2,1H3. The second-order valence-corrected chi connectivity index (χ2v) is 5.20. The molecule has 1 unspecified atom stereocenters. The van der Waals surface area contributed by atoms with Gasteiger partial charge in [-0.05, 0) is 24.7 Å². The zero-order valence-corrected chi connectivity index (χ0v) is 11.5. The first-order chi connectivity index (χ1) is 8.69. The summed E-state index contributed by atoms with van der Waals surface area (Å²) in [5.41, 5.74) is 10.5. The quantitative estimate of drug-likeness (QED) is 0.858. The van der Waals surface area contributed by atoms with Gasteiger partial charge in [0.1, 0.15) is 0 Å². The van der Waals surface area contributed by atoms with E-state index in [4.69, 9.17) is 17.3 Å². The fraction of sp³-hybridized carbons (Fsp3) is 0.538. The maximum atomic E-state index is 5.90. The van der Waals surface area contributed by atoms with E-state index in [1.807, 2.05) is 24.3 Å². The van der Waals surface area contributed by atoms with Gasteiger partial charge < -0.3 is 10.6 Å². The lowest BCUT2D eigenvalue weighted by molar-refractivity contribution is 0.0880. The molecule has 3 N–H and O–H groups in total. The number of nitrogens with two attached hydrogens (primary N) is 1. The second-order valence-electron chi connectivity index (χ2n) is 4.76. The third-order valence-corrected chi connectivity index (χ3v) is 3.60. The molecule has 0 saturated carbocycles. The van der Waals surface area contributed by atoms with Gasteiger partial charge in [-0.15, -0.1) is 0 Å². The molecule has 0 bridgehead atoms. The molecule has 1 aromatic rings. The summed E-state index contributed by atoms with van der Waals surface area (Å²) in [5.74, 6) is 0. The molecule has 100 valence electrons. The molecule has 1 saturated heterocycles. The normalized spacial score (nSPS) is 19.9. The van der Waals surface area contributed by atoms with Crippen molar-refractivity contribution in [1.82, 2.24) is 15.3 Å². The average molecular weight is 269 g/mol. The lowest BCUT2D eigenvalue weighted by Crippen LogP contribution is -2.52. The van der Waals surface area contributed by atoms with E-state index in [2.05, 4.69) is 22.4 Å². The van der Waals surface area contributed by atoms with Gasteiger partial charge in [0.05, 0.1) is 6.04 Å². The van der Waals surface area contributed by atoms with Crippen LogP contribution in [0.4, 0.5) is 0 Å². The Bertz CT molecular complexity index is 360. The van der Waals surface area contributed by atoms with Crippen molar-refractivity contribution in [2.24, 2.45) is 5.73 Å². The van der Waals surface area contributed by atoms with Crippen LogP contribution in [0.2, 0.25) is 5.02 Å². The smallest absolute Gasteiger partial charge is 0.0587 e. The highest BCUT2D eigenvalue weighted by Crippen LogP contribution is 2.16. The molecular formula is C13H21ClN4. The van der Waals surface area contributed by atoms with Gasteiger partial charge in [-0.2, -0.15) is 0 Å². The van der Waals surface area contributed by atoms with E-state index in [9.17, 15) is 0 Å². The SMILES string of the molecule is CN1CCN(NC(CN)c2ccc(Cl)cc2)CC1. The Morgan fingerprint density at radius 2 is 1.83 bits per heavy atom. The molecular weight excluding hydrogens is 248 g/mol. The summed E-state index contributed by atoms with van der Waals surface area (Å²) in [5, 5.41) is 3.01. The Kier molecular flexibility index (Phi) is 4.97. The number of nitrogens with zero attached hydrogens (tertiary/aromatic N) is 2. The van der Waals surface area contributed by atoms with Gasteiger partial charge in [0, 0.05) is 37.7 Å². The van der Waals surface area contributed by atoms with Crippen LogP contribution in [0, 0.1) is 0 Å². The maximum Gasteiger partial charge on any atom is 0.0587 e. The third kappa shape index (κ3) is 3.67. The van der Waals surface area contributed by atoms with Crippen LogP contribution in [0.1, 0.15) is 11.6 Å². The number of hydrazine groups is 1. The lowest BCUT2D eigenvalue weighted by Gasteiger charge is -2.35. The summed E-state index contributed by atoms with van der Waals surface area (Å²) in [6, 6.07) is 8.04. The predicted molar refractivity (Wildman–Crippen MR) is 75.5 cm³/mol. The van der Waals surface area contributed by atoms with Crippen LogP contribution in [0.5, 0.6) is 0 Å². The lowest BCUT2D eigenvalue weighted by atomic mass is 10.1. The van der Waals surface area contributed by atoms with Crippen LogP contribution in [0.15, 0.2) is 24.3 Å². The van der Waals surface area contributed by atoms with Crippen LogP contribution >= 0.6 is 11.6 Å². The molecule has 1 fully saturated rings. The molecule has 5 heteroatoms. The summed E-state index contributed by atoms with van der Waals surface area (Å²) in [4.78, 5) is 2.33. The summed E-state index contributed by atoms with van der Waals surface area (Å²) in [7, 11) is 2.15. The van der Waals surface area contributed by atoms with E-state index in [-0.39, 0.29) is 6.04 Å². The fourth-order valence-electron chi connectivity index (χ4n) is 2.11. The Balaban J connectivity index is 1.94. The van der Waals surface area contributed by atoms with E-state index in [1.54, 1.807) is 0 Å². The van der Waals surface area contributed by atoms with Gasteiger partial charge in [0.2, 0.25) is 0 Å². The first kappa shape index (κ1) is 13.8. The van der Waals surface area contributed by atoms with Gasteiger partial charge in [-0.3, -0.25) is 0 Å². The van der Waals surface area contributed by atoms with Crippen LogP contribution in [-0.2, 0) is 0 Å². The minimum atomic E-state index is 0.158. The predicted octanol–water partition coefficient (Wildman–Crippen LogP) is 1.09. The molecule has 0 aromatic heterocycles. The first-order valence-electron chi connectivity index (χ1n) is 6.34. The molecule has 1 heterocycles. The van der Waals surface area contributed by atoms with E-state index in [0.717, 1.165) is 31.2 Å². The summed E-state index contributed by atoms with van der Waals surface area (Å²) in [6.45, 7) is 4.81.